The summed E-state index contributed by atoms with van der Waals surface area (Å²) in [6.07, 6.45) is 0.792. The van der Waals surface area contributed by atoms with E-state index in [0.717, 1.165) is 19.5 Å². The fraction of sp³-hybridized carbons (Fsp3) is 0.300. The topological polar surface area (TPSA) is 55.6 Å². The van der Waals surface area contributed by atoms with Crippen molar-refractivity contribution in [3.63, 3.8) is 0 Å². The van der Waals surface area contributed by atoms with E-state index in [4.69, 9.17) is 32.4 Å². The van der Waals surface area contributed by atoms with Crippen LogP contribution in [0, 0.1) is 0 Å². The third kappa shape index (κ3) is 5.61. The van der Waals surface area contributed by atoms with Crippen molar-refractivity contribution in [1.82, 2.24) is 9.88 Å². The van der Waals surface area contributed by atoms with Crippen LogP contribution in [0.4, 0.5) is 0 Å². The van der Waals surface area contributed by atoms with Crippen LogP contribution in [0.25, 0.3) is 22.6 Å². The van der Waals surface area contributed by atoms with E-state index >= 15 is 0 Å². The van der Waals surface area contributed by atoms with Crippen molar-refractivity contribution in [2.75, 3.05) is 26.7 Å². The van der Waals surface area contributed by atoms with E-state index in [1.807, 2.05) is 7.05 Å². The van der Waals surface area contributed by atoms with Crippen LogP contribution in [0.2, 0.25) is 10.0 Å². The third-order valence-corrected chi connectivity index (χ3v) is 4.63. The van der Waals surface area contributed by atoms with E-state index < -0.39 is 0 Å². The van der Waals surface area contributed by atoms with Gasteiger partial charge in [0.25, 0.3) is 0 Å². The van der Waals surface area contributed by atoms with Gasteiger partial charge in [-0.05, 0) is 56.4 Å². The lowest BCUT2D eigenvalue weighted by atomic mass is 10.2. The standard InChI is InChI=1S/C20H20Cl2N2O3.ClH/c1-3-24(2)7-4-8-26-20(25)13-5-6-17-18(11-13)27-19(23-17)14-9-15(21)12-16(22)10-14;/h5-6,9-12H,3-4,7-8H2,1-2H3;1H. The van der Waals surface area contributed by atoms with Gasteiger partial charge in [-0.1, -0.05) is 30.1 Å². The highest BCUT2D eigenvalue weighted by atomic mass is 35.5. The summed E-state index contributed by atoms with van der Waals surface area (Å²) < 4.78 is 11.1. The largest absolute Gasteiger partial charge is 0.462 e. The van der Waals surface area contributed by atoms with Crippen LogP contribution in [0.3, 0.4) is 0 Å². The molecule has 0 aliphatic rings. The molecule has 0 radical (unpaired) electrons. The highest BCUT2D eigenvalue weighted by Crippen LogP contribution is 2.29. The monoisotopic (exact) mass is 442 g/mol. The minimum atomic E-state index is -0.375. The quantitative estimate of drug-likeness (QED) is 0.345. The molecule has 150 valence electrons. The molecule has 0 saturated heterocycles. The van der Waals surface area contributed by atoms with Gasteiger partial charge in [-0.3, -0.25) is 0 Å². The van der Waals surface area contributed by atoms with Crippen molar-refractivity contribution in [3.8, 4) is 11.5 Å². The maximum Gasteiger partial charge on any atom is 0.338 e. The first-order valence-corrected chi connectivity index (χ1v) is 9.44. The highest BCUT2D eigenvalue weighted by Gasteiger charge is 2.14. The molecular weight excluding hydrogens is 423 g/mol. The van der Waals surface area contributed by atoms with Crippen molar-refractivity contribution in [2.24, 2.45) is 0 Å². The number of nitrogens with zero attached hydrogens (tertiary/aromatic N) is 2. The molecule has 1 aromatic heterocycles. The lowest BCUT2D eigenvalue weighted by molar-refractivity contribution is 0.0491. The van der Waals surface area contributed by atoms with Crippen LogP contribution < -0.4 is 0 Å². The molecule has 8 heteroatoms. The van der Waals surface area contributed by atoms with Crippen molar-refractivity contribution in [1.29, 1.82) is 0 Å². The van der Waals surface area contributed by atoms with Gasteiger partial charge in [-0.25, -0.2) is 9.78 Å². The molecule has 0 bridgehead atoms. The number of hydrogen-bond acceptors (Lipinski definition) is 5. The van der Waals surface area contributed by atoms with Gasteiger partial charge in [0.2, 0.25) is 5.89 Å². The van der Waals surface area contributed by atoms with Crippen LogP contribution in [0.1, 0.15) is 23.7 Å². The predicted octanol–water partition coefficient (Wildman–Crippen LogP) is 5.72. The van der Waals surface area contributed by atoms with E-state index in [9.17, 15) is 4.79 Å². The summed E-state index contributed by atoms with van der Waals surface area (Å²) in [6.45, 7) is 4.32. The second kappa shape index (κ2) is 10.1. The number of oxazole rings is 1. The van der Waals surface area contributed by atoms with Gasteiger partial charge < -0.3 is 14.1 Å². The molecule has 3 aromatic rings. The smallest absolute Gasteiger partial charge is 0.338 e. The van der Waals surface area contributed by atoms with Crippen molar-refractivity contribution in [2.45, 2.75) is 13.3 Å². The molecule has 0 aliphatic carbocycles. The molecule has 0 unspecified atom stereocenters. The Balaban J connectivity index is 0.00000280. The zero-order valence-electron chi connectivity index (χ0n) is 15.6. The average Bonchev–Trinajstić information content (AvgIpc) is 3.07. The van der Waals surface area contributed by atoms with E-state index in [1.54, 1.807) is 36.4 Å². The Morgan fingerprint density at radius 2 is 1.89 bits per heavy atom. The summed E-state index contributed by atoms with van der Waals surface area (Å²) >= 11 is 12.1. The van der Waals surface area contributed by atoms with E-state index in [-0.39, 0.29) is 18.4 Å². The summed E-state index contributed by atoms with van der Waals surface area (Å²) in [6, 6.07) is 10.1. The molecule has 1 heterocycles. The Morgan fingerprint density at radius 3 is 2.57 bits per heavy atom. The Hall–Kier alpha value is -1.79. The molecular formula is C20H21Cl3N2O3. The fourth-order valence-corrected chi connectivity index (χ4v) is 3.12. The molecule has 28 heavy (non-hydrogen) atoms. The highest BCUT2D eigenvalue weighted by molar-refractivity contribution is 6.35. The van der Waals surface area contributed by atoms with E-state index in [1.165, 1.54) is 0 Å². The number of fused-ring (bicyclic) bond motifs is 1. The Bertz CT molecular complexity index is 939. The van der Waals surface area contributed by atoms with Gasteiger partial charge in [-0.15, -0.1) is 12.4 Å². The van der Waals surface area contributed by atoms with Crippen LogP contribution in [-0.4, -0.2) is 42.6 Å². The van der Waals surface area contributed by atoms with Crippen LogP contribution >= 0.6 is 35.6 Å². The molecule has 0 spiro atoms. The summed E-state index contributed by atoms with van der Waals surface area (Å²) in [5.41, 5.74) is 2.24. The minimum Gasteiger partial charge on any atom is -0.462 e. The Kier molecular flexibility index (Phi) is 8.13. The number of carbonyl (C=O) groups is 1. The number of rotatable bonds is 7. The van der Waals surface area contributed by atoms with Gasteiger partial charge in [0.1, 0.15) is 5.52 Å². The van der Waals surface area contributed by atoms with Crippen LogP contribution in [-0.2, 0) is 4.74 Å². The number of ether oxygens (including phenoxy) is 1. The molecule has 0 aliphatic heterocycles. The number of esters is 1. The summed E-state index contributed by atoms with van der Waals surface area (Å²) in [5, 5.41) is 0.996. The van der Waals surface area contributed by atoms with E-state index in [2.05, 4.69) is 16.8 Å². The maximum atomic E-state index is 12.2. The average molecular weight is 444 g/mol. The Morgan fingerprint density at radius 1 is 1.18 bits per heavy atom. The second-order valence-electron chi connectivity index (χ2n) is 6.25. The number of halogens is 3. The van der Waals surface area contributed by atoms with Crippen LogP contribution in [0.5, 0.6) is 0 Å². The molecule has 0 atom stereocenters. The van der Waals surface area contributed by atoms with Gasteiger partial charge >= 0.3 is 5.97 Å². The molecule has 0 saturated carbocycles. The van der Waals surface area contributed by atoms with Crippen LogP contribution in [0.15, 0.2) is 40.8 Å². The van der Waals surface area contributed by atoms with Crippen molar-refractivity contribution >= 4 is 52.7 Å². The van der Waals surface area contributed by atoms with Crippen molar-refractivity contribution < 1.29 is 13.9 Å². The predicted molar refractivity (Wildman–Crippen MR) is 115 cm³/mol. The first kappa shape index (κ1) is 22.5. The van der Waals surface area contributed by atoms with Gasteiger partial charge in [-0.2, -0.15) is 0 Å². The minimum absolute atomic E-state index is 0. The summed E-state index contributed by atoms with van der Waals surface area (Å²) in [7, 11) is 2.03. The lowest BCUT2D eigenvalue weighted by Gasteiger charge is -2.13. The molecule has 5 nitrogen and oxygen atoms in total. The van der Waals surface area contributed by atoms with Gasteiger partial charge in [0.15, 0.2) is 5.58 Å². The first-order valence-electron chi connectivity index (χ1n) is 8.69. The first-order chi connectivity index (χ1) is 13.0. The Labute approximate surface area is 180 Å². The molecule has 3 rings (SSSR count). The third-order valence-electron chi connectivity index (χ3n) is 4.19. The second-order valence-corrected chi connectivity index (χ2v) is 7.12. The molecule has 0 fully saturated rings. The van der Waals surface area contributed by atoms with E-state index in [0.29, 0.717) is 44.8 Å². The van der Waals surface area contributed by atoms with Gasteiger partial charge in [0, 0.05) is 22.2 Å². The fourth-order valence-electron chi connectivity index (χ4n) is 2.59. The lowest BCUT2D eigenvalue weighted by Crippen LogP contribution is -2.20. The number of benzene rings is 2. The molecule has 0 amide bonds. The maximum absolute atomic E-state index is 12.2. The SMILES string of the molecule is CCN(C)CCCOC(=O)c1ccc2nc(-c3cc(Cl)cc(Cl)c3)oc2c1.Cl. The number of carbonyl (C=O) groups excluding carboxylic acids is 1. The zero-order chi connectivity index (χ0) is 19.4. The molecule has 0 N–H and O–H groups in total. The number of hydrogen-bond donors (Lipinski definition) is 0. The van der Waals surface area contributed by atoms with Gasteiger partial charge in [0.05, 0.1) is 12.2 Å². The zero-order valence-corrected chi connectivity index (χ0v) is 17.9. The summed E-state index contributed by atoms with van der Waals surface area (Å²) in [4.78, 5) is 18.8. The summed E-state index contributed by atoms with van der Waals surface area (Å²) in [5.74, 6) is 0.0160. The van der Waals surface area contributed by atoms with Crippen molar-refractivity contribution in [3.05, 3.63) is 52.0 Å². The molecule has 2 aromatic carbocycles. The number of aromatic nitrogens is 1. The normalized spacial score (nSPS) is 10.9.